The summed E-state index contributed by atoms with van der Waals surface area (Å²) < 4.78 is 25.7. The van der Waals surface area contributed by atoms with Gasteiger partial charge in [-0.2, -0.15) is 0 Å². The molecule has 14 atom stereocenters. The fourth-order valence-corrected chi connectivity index (χ4v) is 3.75. The molecule has 3 aliphatic heterocycles. The molecule has 0 unspecified atom stereocenters. The number of ether oxygens (including phenoxy) is 5. The van der Waals surface area contributed by atoms with E-state index < -0.39 is 105 Å². The molecule has 16 heteroatoms. The molecule has 33 heavy (non-hydrogen) atoms. The Morgan fingerprint density at radius 3 is 2.00 bits per heavy atom. The molecule has 0 radical (unpaired) electrons. The molecule has 192 valence electrons. The number of carboxylic acid groups (broad SMARTS) is 1. The van der Waals surface area contributed by atoms with Crippen molar-refractivity contribution in [3.63, 3.8) is 0 Å². The lowest BCUT2D eigenvalue weighted by Gasteiger charge is -2.45. The molecule has 0 aromatic heterocycles. The van der Waals surface area contributed by atoms with Gasteiger partial charge in [-0.3, -0.25) is 0 Å². The molecule has 3 fully saturated rings. The molecule has 10 N–H and O–H groups in total. The lowest BCUT2D eigenvalue weighted by atomic mass is 9.97. The van der Waals surface area contributed by atoms with Gasteiger partial charge in [-0.15, -0.1) is 0 Å². The Hall–Kier alpha value is -1.09. The van der Waals surface area contributed by atoms with E-state index in [0.717, 1.165) is 0 Å². The number of aliphatic hydroxyl groups is 9. The molecule has 3 rings (SSSR count). The van der Waals surface area contributed by atoms with E-state index in [-0.39, 0.29) is 0 Å². The first-order valence-corrected chi connectivity index (χ1v) is 9.99. The summed E-state index contributed by atoms with van der Waals surface area (Å²) in [6.45, 7) is -1.30. The van der Waals surface area contributed by atoms with Crippen LogP contribution in [0.2, 0.25) is 0 Å². The number of aliphatic hydroxyl groups excluding tert-OH is 9. The maximum absolute atomic E-state index is 11.4. The first-order chi connectivity index (χ1) is 15.5. The van der Waals surface area contributed by atoms with E-state index in [4.69, 9.17) is 23.7 Å². The highest BCUT2D eigenvalue weighted by atomic mass is 16.7. The van der Waals surface area contributed by atoms with Gasteiger partial charge in [0.15, 0.2) is 25.0 Å². The Kier molecular flexibility index (Phi) is 8.57. The third kappa shape index (κ3) is 5.29. The average Bonchev–Trinajstić information content (AvgIpc) is 2.77. The summed E-state index contributed by atoms with van der Waals surface area (Å²) in [5.74, 6) is -1.66. The van der Waals surface area contributed by atoms with Gasteiger partial charge in [0.1, 0.15) is 61.0 Å². The first kappa shape index (κ1) is 26.5. The minimum Gasteiger partial charge on any atom is -0.479 e. The van der Waals surface area contributed by atoms with E-state index in [9.17, 15) is 55.9 Å². The number of hydrogen-bond acceptors (Lipinski definition) is 15. The van der Waals surface area contributed by atoms with Crippen LogP contribution < -0.4 is 0 Å². The van der Waals surface area contributed by atoms with Crippen LogP contribution in [0.15, 0.2) is 0 Å². The quantitative estimate of drug-likeness (QED) is 0.166. The molecule has 0 aromatic carbocycles. The summed E-state index contributed by atoms with van der Waals surface area (Å²) in [5.41, 5.74) is 0. The third-order valence-electron chi connectivity index (χ3n) is 5.66. The largest absolute Gasteiger partial charge is 0.479 e. The Balaban J connectivity index is 1.73. The third-order valence-corrected chi connectivity index (χ3v) is 5.66. The molecule has 3 heterocycles. The molecule has 0 saturated carbocycles. The van der Waals surface area contributed by atoms with Crippen molar-refractivity contribution in [1.29, 1.82) is 0 Å². The van der Waals surface area contributed by atoms with E-state index in [1.807, 2.05) is 0 Å². The molecule has 0 aliphatic carbocycles. The molecule has 0 aromatic rings. The molecule has 0 amide bonds. The van der Waals surface area contributed by atoms with Crippen LogP contribution in [0.5, 0.6) is 0 Å². The van der Waals surface area contributed by atoms with Gasteiger partial charge < -0.3 is 74.7 Å². The maximum atomic E-state index is 11.4. The monoisotopic (exact) mass is 488 g/mol. The lowest BCUT2D eigenvalue weighted by molar-refractivity contribution is -0.364. The fourth-order valence-electron chi connectivity index (χ4n) is 3.75. The summed E-state index contributed by atoms with van der Waals surface area (Å²) in [5, 5.41) is 98.6. The van der Waals surface area contributed by atoms with Crippen LogP contribution in [0.1, 0.15) is 0 Å². The van der Waals surface area contributed by atoms with Crippen LogP contribution in [-0.2, 0) is 28.5 Å². The van der Waals surface area contributed by atoms with Crippen LogP contribution in [0, 0.1) is 0 Å². The fraction of sp³-hybridized carbons (Fsp3) is 0.941. The van der Waals surface area contributed by atoms with E-state index in [0.29, 0.717) is 0 Å². The molecule has 3 saturated heterocycles. The minimum atomic E-state index is -2.03. The van der Waals surface area contributed by atoms with Crippen LogP contribution in [-0.4, -0.2) is 156 Å². The smallest absolute Gasteiger partial charge is 0.335 e. The number of carboxylic acids is 1. The van der Waals surface area contributed by atoms with E-state index in [2.05, 4.69) is 0 Å². The Morgan fingerprint density at radius 1 is 0.758 bits per heavy atom. The van der Waals surface area contributed by atoms with Gasteiger partial charge in [0.2, 0.25) is 0 Å². The highest BCUT2D eigenvalue weighted by Gasteiger charge is 2.52. The van der Waals surface area contributed by atoms with Crippen LogP contribution in [0.3, 0.4) is 0 Å². The average molecular weight is 488 g/mol. The predicted octanol–water partition coefficient (Wildman–Crippen LogP) is -6.84. The highest BCUT2D eigenvalue weighted by Crippen LogP contribution is 2.30. The zero-order chi connectivity index (χ0) is 24.6. The van der Waals surface area contributed by atoms with Gasteiger partial charge in [0.05, 0.1) is 13.2 Å². The van der Waals surface area contributed by atoms with Crippen molar-refractivity contribution in [2.45, 2.75) is 86.0 Å². The molecular weight excluding hydrogens is 460 g/mol. The SMILES string of the molecule is O=C(O)[C@H]1O[C@@H](O)[C@H](O)[C@@H](O)[C@@H]1O[C@@H]1OC[C@@H](O)[C@H](O[C@@H]2O[C@H](CO)[C@H](O)[C@H](O)[C@H]2O)[C@H]1O. The summed E-state index contributed by atoms with van der Waals surface area (Å²) in [4.78, 5) is 11.4. The first-order valence-electron chi connectivity index (χ1n) is 9.99. The van der Waals surface area contributed by atoms with Crippen molar-refractivity contribution in [3.05, 3.63) is 0 Å². The summed E-state index contributed by atoms with van der Waals surface area (Å²) in [6, 6.07) is 0. The van der Waals surface area contributed by atoms with Crippen molar-refractivity contribution in [3.8, 4) is 0 Å². The molecule has 16 nitrogen and oxygen atoms in total. The second-order valence-corrected chi connectivity index (χ2v) is 7.93. The second kappa shape index (κ2) is 10.7. The molecule has 0 bridgehead atoms. The normalized spacial score (nSPS) is 51.3. The van der Waals surface area contributed by atoms with Crippen molar-refractivity contribution >= 4 is 5.97 Å². The lowest BCUT2D eigenvalue weighted by Crippen LogP contribution is -2.65. The summed E-state index contributed by atoms with van der Waals surface area (Å²) >= 11 is 0. The van der Waals surface area contributed by atoms with E-state index in [1.165, 1.54) is 0 Å². The van der Waals surface area contributed by atoms with Gasteiger partial charge >= 0.3 is 5.97 Å². The van der Waals surface area contributed by atoms with Crippen LogP contribution in [0.25, 0.3) is 0 Å². The van der Waals surface area contributed by atoms with Crippen LogP contribution >= 0.6 is 0 Å². The van der Waals surface area contributed by atoms with Crippen molar-refractivity contribution in [2.24, 2.45) is 0 Å². The molecular formula is C17H28O16. The van der Waals surface area contributed by atoms with E-state index in [1.54, 1.807) is 0 Å². The van der Waals surface area contributed by atoms with Gasteiger partial charge in [-0.1, -0.05) is 0 Å². The topological polar surface area (TPSA) is 266 Å². The Morgan fingerprint density at radius 2 is 1.39 bits per heavy atom. The standard InChI is InChI=1S/C17H28O16/c18-1-4-5(20)6(21)9(24)17(30-4)32-11-3(19)2-29-16(10(11)25)33-12-7(22)8(23)15(28)31-13(12)14(26)27/h3-13,15-25,28H,1-2H2,(H,26,27)/t3-,4-,5+,6+,7-,8-,9-,10-,11+,12+,13+,15-,16+,17+/m1/s1. The summed E-state index contributed by atoms with van der Waals surface area (Å²) in [7, 11) is 0. The number of rotatable bonds is 6. The second-order valence-electron chi connectivity index (χ2n) is 7.93. The minimum absolute atomic E-state index is 0.545. The van der Waals surface area contributed by atoms with Crippen molar-refractivity contribution in [2.75, 3.05) is 13.2 Å². The Labute approximate surface area is 185 Å². The Bertz CT molecular complexity index is 663. The van der Waals surface area contributed by atoms with E-state index >= 15 is 0 Å². The summed E-state index contributed by atoms with van der Waals surface area (Å²) in [6.07, 6.45) is -24.9. The predicted molar refractivity (Wildman–Crippen MR) is 95.8 cm³/mol. The number of carbonyl (C=O) groups is 1. The molecule has 3 aliphatic rings. The van der Waals surface area contributed by atoms with Gasteiger partial charge in [0.25, 0.3) is 0 Å². The van der Waals surface area contributed by atoms with Crippen molar-refractivity contribution in [1.82, 2.24) is 0 Å². The molecule has 0 spiro atoms. The van der Waals surface area contributed by atoms with Gasteiger partial charge in [-0.25, -0.2) is 4.79 Å². The van der Waals surface area contributed by atoms with Gasteiger partial charge in [-0.05, 0) is 0 Å². The number of hydrogen-bond donors (Lipinski definition) is 10. The zero-order valence-corrected chi connectivity index (χ0v) is 16.9. The number of aliphatic carboxylic acids is 1. The van der Waals surface area contributed by atoms with Crippen LogP contribution in [0.4, 0.5) is 0 Å². The van der Waals surface area contributed by atoms with Gasteiger partial charge in [0, 0.05) is 0 Å². The van der Waals surface area contributed by atoms with Crippen molar-refractivity contribution < 1.29 is 79.5 Å². The maximum Gasteiger partial charge on any atom is 0.335 e. The highest BCUT2D eigenvalue weighted by molar-refractivity contribution is 5.73. The zero-order valence-electron chi connectivity index (χ0n) is 16.9.